The average Bonchev–Trinajstić information content (AvgIpc) is 3.25. The minimum atomic E-state index is 0.0176. The van der Waals surface area contributed by atoms with Crippen LogP contribution >= 0.6 is 11.3 Å². The van der Waals surface area contributed by atoms with Crippen LogP contribution in [0.1, 0.15) is 38.5 Å². The summed E-state index contributed by atoms with van der Waals surface area (Å²) in [5.74, 6) is 1.73. The maximum atomic E-state index is 5.89. The second-order valence-corrected chi connectivity index (χ2v) is 9.18. The van der Waals surface area contributed by atoms with Crippen molar-refractivity contribution in [2.75, 3.05) is 78.7 Å². The molecule has 8 heteroatoms. The Kier molecular flexibility index (Phi) is 12.6. The fourth-order valence-corrected chi connectivity index (χ4v) is 4.61. The van der Waals surface area contributed by atoms with Crippen LogP contribution in [0.2, 0.25) is 0 Å². The lowest BCUT2D eigenvalue weighted by Gasteiger charge is -2.24. The Morgan fingerprint density at radius 3 is 2.55 bits per heavy atom. The van der Waals surface area contributed by atoms with Gasteiger partial charge in [-0.25, -0.2) is 0 Å². The van der Waals surface area contributed by atoms with Gasteiger partial charge >= 0.3 is 0 Å². The number of ether oxygens (including phenoxy) is 3. The molecule has 3 N–H and O–H groups in total. The lowest BCUT2D eigenvalue weighted by atomic mass is 10.2. The van der Waals surface area contributed by atoms with Crippen molar-refractivity contribution in [3.63, 3.8) is 0 Å². The van der Waals surface area contributed by atoms with Crippen LogP contribution < -0.4 is 25.4 Å². The molecule has 7 nitrogen and oxygen atoms in total. The molecule has 2 aliphatic rings. The lowest BCUT2D eigenvalue weighted by molar-refractivity contribution is 0.00840. The van der Waals surface area contributed by atoms with E-state index in [4.69, 9.17) is 14.2 Å². The van der Waals surface area contributed by atoms with Crippen LogP contribution in [0, 0.1) is 0 Å². The molecule has 0 spiro atoms. The van der Waals surface area contributed by atoms with Gasteiger partial charge in [0, 0.05) is 43.5 Å². The summed E-state index contributed by atoms with van der Waals surface area (Å²) in [4.78, 5) is 2.63. The first kappa shape index (κ1) is 24.7. The number of nitrogens with one attached hydrogen (secondary N) is 3. The van der Waals surface area contributed by atoms with Gasteiger partial charge in [-0.15, -0.1) is 11.3 Å². The first-order valence-corrected chi connectivity index (χ1v) is 13.1. The molecule has 1 saturated heterocycles. The predicted molar refractivity (Wildman–Crippen MR) is 128 cm³/mol. The van der Waals surface area contributed by atoms with Crippen LogP contribution in [-0.2, 0) is 4.74 Å². The van der Waals surface area contributed by atoms with E-state index in [0.717, 1.165) is 70.3 Å². The number of fused-ring (bicyclic) bond motifs is 1. The van der Waals surface area contributed by atoms with Gasteiger partial charge in [0.1, 0.15) is 6.61 Å². The number of thiophene rings is 1. The highest BCUT2D eigenvalue weighted by Gasteiger charge is 2.21. The van der Waals surface area contributed by atoms with Gasteiger partial charge in [-0.3, -0.25) is 0 Å². The van der Waals surface area contributed by atoms with Crippen LogP contribution in [0.15, 0.2) is 10.8 Å². The fraction of sp³-hybridized carbons (Fsp3) is 0.826. The molecule has 1 fully saturated rings. The quantitative estimate of drug-likeness (QED) is 0.495. The van der Waals surface area contributed by atoms with Crippen LogP contribution in [0.3, 0.4) is 0 Å². The zero-order valence-electron chi connectivity index (χ0n) is 19.0. The Labute approximate surface area is 192 Å². The summed E-state index contributed by atoms with van der Waals surface area (Å²) in [6.07, 6.45) is 7.36. The van der Waals surface area contributed by atoms with E-state index >= 15 is 0 Å². The monoisotopic (exact) mass is 454 g/mol. The van der Waals surface area contributed by atoms with Crippen molar-refractivity contribution >= 4 is 11.3 Å². The summed E-state index contributed by atoms with van der Waals surface area (Å²) < 4.78 is 17.4. The van der Waals surface area contributed by atoms with Gasteiger partial charge in [0.05, 0.1) is 6.61 Å². The van der Waals surface area contributed by atoms with Crippen molar-refractivity contribution in [3.05, 3.63) is 10.8 Å². The van der Waals surface area contributed by atoms with E-state index in [-0.39, 0.29) is 6.10 Å². The van der Waals surface area contributed by atoms with Gasteiger partial charge in [0.25, 0.3) is 0 Å². The largest absolute Gasteiger partial charge is 0.485 e. The zero-order chi connectivity index (χ0) is 21.4. The summed E-state index contributed by atoms with van der Waals surface area (Å²) in [5, 5.41) is 14.6. The van der Waals surface area contributed by atoms with Crippen LogP contribution in [0.25, 0.3) is 0 Å². The Morgan fingerprint density at radius 1 is 0.871 bits per heavy atom. The number of nitrogens with zero attached hydrogens (tertiary/aromatic N) is 1. The molecule has 0 aromatic carbocycles. The Morgan fingerprint density at radius 2 is 1.65 bits per heavy atom. The standard InChI is InChI=1S/C23H42N4O3S/c1(2-4-16-28-17-21-18-29-22-19-31-20-23(22)30-21)3-13-27-14-6-9-25-11-10-24-7-5-8-26-12-15-27/h19-21,24-26H,1-18H2. The molecular formula is C23H42N4O3S. The third kappa shape index (κ3) is 10.5. The molecule has 1 aromatic heterocycles. The number of rotatable bonds is 9. The highest BCUT2D eigenvalue weighted by Crippen LogP contribution is 2.35. The highest BCUT2D eigenvalue weighted by molar-refractivity contribution is 7.08. The molecule has 2 aliphatic heterocycles. The molecule has 178 valence electrons. The van der Waals surface area contributed by atoms with Crippen LogP contribution in [0.4, 0.5) is 0 Å². The van der Waals surface area contributed by atoms with E-state index in [0.29, 0.717) is 13.2 Å². The van der Waals surface area contributed by atoms with Crippen molar-refractivity contribution in [3.8, 4) is 11.5 Å². The first-order valence-electron chi connectivity index (χ1n) is 12.2. The fourth-order valence-electron chi connectivity index (χ4n) is 3.94. The molecule has 31 heavy (non-hydrogen) atoms. The number of hydrogen-bond acceptors (Lipinski definition) is 8. The van der Waals surface area contributed by atoms with E-state index in [1.54, 1.807) is 11.3 Å². The van der Waals surface area contributed by atoms with Crippen molar-refractivity contribution in [2.45, 2.75) is 44.6 Å². The Hall–Kier alpha value is -0.900. The predicted octanol–water partition coefficient (Wildman–Crippen LogP) is 2.33. The lowest BCUT2D eigenvalue weighted by Crippen LogP contribution is -2.37. The molecule has 0 saturated carbocycles. The highest BCUT2D eigenvalue weighted by atomic mass is 32.1. The maximum absolute atomic E-state index is 5.89. The van der Waals surface area contributed by atoms with Crippen LogP contribution in [-0.4, -0.2) is 89.7 Å². The minimum Gasteiger partial charge on any atom is -0.485 e. The smallest absolute Gasteiger partial charge is 0.172 e. The molecule has 1 unspecified atom stereocenters. The van der Waals surface area contributed by atoms with Gasteiger partial charge in [0.15, 0.2) is 17.6 Å². The van der Waals surface area contributed by atoms with E-state index in [1.807, 2.05) is 10.8 Å². The Bertz CT molecular complexity index is 561. The number of unbranched alkanes of at least 4 members (excludes halogenated alkanes) is 3. The van der Waals surface area contributed by atoms with E-state index in [2.05, 4.69) is 20.9 Å². The second kappa shape index (κ2) is 15.8. The zero-order valence-corrected chi connectivity index (χ0v) is 19.9. The van der Waals surface area contributed by atoms with Crippen molar-refractivity contribution in [2.24, 2.45) is 0 Å². The SMILES string of the molecule is c1scc2c1OCC(COCCCCCCN1CCCNCCNCCCNCC1)O2. The normalized spacial score (nSPS) is 22.1. The van der Waals surface area contributed by atoms with Gasteiger partial charge in [-0.05, 0) is 58.4 Å². The van der Waals surface area contributed by atoms with Crippen molar-refractivity contribution in [1.29, 1.82) is 0 Å². The number of hydrogen-bond donors (Lipinski definition) is 3. The molecule has 0 bridgehead atoms. The topological polar surface area (TPSA) is 67.0 Å². The summed E-state index contributed by atoms with van der Waals surface area (Å²) >= 11 is 1.61. The third-order valence-electron chi connectivity index (χ3n) is 5.75. The van der Waals surface area contributed by atoms with Crippen molar-refractivity contribution < 1.29 is 14.2 Å². The maximum Gasteiger partial charge on any atom is 0.172 e. The van der Waals surface area contributed by atoms with Gasteiger partial charge < -0.3 is 35.1 Å². The molecule has 3 heterocycles. The summed E-state index contributed by atoms with van der Waals surface area (Å²) in [7, 11) is 0. The average molecular weight is 455 g/mol. The van der Waals surface area contributed by atoms with E-state index in [1.165, 1.54) is 45.2 Å². The van der Waals surface area contributed by atoms with Crippen LogP contribution in [0.5, 0.6) is 11.5 Å². The van der Waals surface area contributed by atoms with Gasteiger partial charge in [-0.1, -0.05) is 12.8 Å². The summed E-state index contributed by atoms with van der Waals surface area (Å²) in [6, 6.07) is 0. The second-order valence-electron chi connectivity index (χ2n) is 8.44. The molecule has 3 rings (SSSR count). The third-order valence-corrected chi connectivity index (χ3v) is 6.45. The van der Waals surface area contributed by atoms with E-state index in [9.17, 15) is 0 Å². The molecule has 1 aromatic rings. The molecule has 0 amide bonds. The van der Waals surface area contributed by atoms with Crippen molar-refractivity contribution in [1.82, 2.24) is 20.9 Å². The van der Waals surface area contributed by atoms with Gasteiger partial charge in [-0.2, -0.15) is 0 Å². The molecule has 1 atom stereocenters. The van der Waals surface area contributed by atoms with Gasteiger partial charge in [0.2, 0.25) is 0 Å². The molecule has 0 radical (unpaired) electrons. The molecular weight excluding hydrogens is 412 g/mol. The minimum absolute atomic E-state index is 0.0176. The Balaban J connectivity index is 1.18. The molecule has 0 aliphatic carbocycles. The first-order chi connectivity index (χ1) is 15.4. The van der Waals surface area contributed by atoms with E-state index < -0.39 is 0 Å². The summed E-state index contributed by atoms with van der Waals surface area (Å²) in [6.45, 7) is 12.2. The summed E-state index contributed by atoms with van der Waals surface area (Å²) in [5.41, 5.74) is 0.